The molecule has 1 rings (SSSR count). The van der Waals surface area contributed by atoms with Gasteiger partial charge < -0.3 is 10.8 Å². The Morgan fingerprint density at radius 2 is 1.88 bits per heavy atom. The molecule has 1 aromatic carbocycles. The van der Waals surface area contributed by atoms with E-state index in [0.717, 1.165) is 11.3 Å². The van der Waals surface area contributed by atoms with Gasteiger partial charge in [0.25, 0.3) is 0 Å². The first-order valence-corrected chi connectivity index (χ1v) is 4.93. The fourth-order valence-corrected chi connectivity index (χ4v) is 1.19. The van der Waals surface area contributed by atoms with Crippen molar-refractivity contribution in [3.63, 3.8) is 0 Å². The molecule has 0 aliphatic carbocycles. The number of nitrogens with zero attached hydrogens (tertiary/aromatic N) is 1. The van der Waals surface area contributed by atoms with E-state index < -0.39 is 0 Å². The van der Waals surface area contributed by atoms with E-state index in [1.807, 2.05) is 30.3 Å². The third-order valence-electron chi connectivity index (χ3n) is 2.02. The fourth-order valence-electron chi connectivity index (χ4n) is 1.19. The van der Waals surface area contributed by atoms with Crippen LogP contribution in [0.1, 0.15) is 18.4 Å². The van der Waals surface area contributed by atoms with E-state index in [0.29, 0.717) is 19.4 Å². The minimum atomic E-state index is 0. The molecule has 0 radical (unpaired) electrons. The van der Waals surface area contributed by atoms with Crippen molar-refractivity contribution in [3.05, 3.63) is 35.9 Å². The molecule has 0 saturated carbocycles. The van der Waals surface area contributed by atoms with E-state index in [9.17, 15) is 0 Å². The highest BCUT2D eigenvalue weighted by molar-refractivity contribution is 14.0. The van der Waals surface area contributed by atoms with Gasteiger partial charge in [-0.3, -0.25) is 4.99 Å². The zero-order valence-corrected chi connectivity index (χ0v) is 11.3. The monoisotopic (exact) mass is 329 g/mol. The van der Waals surface area contributed by atoms with Crippen LogP contribution in [0.5, 0.6) is 0 Å². The predicted molar refractivity (Wildman–Crippen MR) is 79.8 cm³/mol. The zero-order chi connectivity index (χ0) is 10.9. The summed E-state index contributed by atoms with van der Waals surface area (Å²) in [4.78, 5) is 4.32. The number of aliphatic imine (C=N–C) groups is 1. The summed E-state index contributed by atoms with van der Waals surface area (Å²) in [5.74, 6) is 0. The van der Waals surface area contributed by atoms with Crippen molar-refractivity contribution in [2.75, 3.05) is 0 Å². The summed E-state index contributed by atoms with van der Waals surface area (Å²) in [7, 11) is 0. The summed E-state index contributed by atoms with van der Waals surface area (Å²) in [5, 5.41) is 14.1. The fraction of sp³-hybridized carbons (Fsp3) is 0.250. The Hall–Kier alpha value is -1.04. The SMILES string of the molecule is I.N=CCCC(C=N)=NCc1ccccc1. The van der Waals surface area contributed by atoms with Crippen LogP contribution in [-0.2, 0) is 6.54 Å². The first-order valence-electron chi connectivity index (χ1n) is 4.93. The van der Waals surface area contributed by atoms with Gasteiger partial charge >= 0.3 is 0 Å². The van der Waals surface area contributed by atoms with Crippen molar-refractivity contribution < 1.29 is 0 Å². The molecular weight excluding hydrogens is 313 g/mol. The highest BCUT2D eigenvalue weighted by atomic mass is 127. The molecule has 0 fully saturated rings. The summed E-state index contributed by atoms with van der Waals surface area (Å²) >= 11 is 0. The van der Waals surface area contributed by atoms with E-state index in [1.54, 1.807) is 0 Å². The molecule has 86 valence electrons. The van der Waals surface area contributed by atoms with Crippen LogP contribution in [0.25, 0.3) is 0 Å². The Balaban J connectivity index is 0.00000225. The van der Waals surface area contributed by atoms with Crippen LogP contribution in [0.15, 0.2) is 35.3 Å². The highest BCUT2D eigenvalue weighted by Crippen LogP contribution is 2.01. The highest BCUT2D eigenvalue weighted by Gasteiger charge is 1.94. The molecule has 16 heavy (non-hydrogen) atoms. The Labute approximate surface area is 113 Å². The van der Waals surface area contributed by atoms with Gasteiger partial charge in [0.1, 0.15) is 0 Å². The number of hydrogen-bond acceptors (Lipinski definition) is 3. The lowest BCUT2D eigenvalue weighted by Crippen LogP contribution is -2.00. The van der Waals surface area contributed by atoms with Crippen LogP contribution in [0.3, 0.4) is 0 Å². The van der Waals surface area contributed by atoms with Crippen molar-refractivity contribution in [1.82, 2.24) is 0 Å². The van der Waals surface area contributed by atoms with Gasteiger partial charge in [0, 0.05) is 6.21 Å². The number of hydrogen-bond donors (Lipinski definition) is 2. The lowest BCUT2D eigenvalue weighted by molar-refractivity contribution is 1.04. The summed E-state index contributed by atoms with van der Waals surface area (Å²) in [6.45, 7) is 0.615. The molecule has 0 atom stereocenters. The number of benzene rings is 1. The van der Waals surface area contributed by atoms with Crippen LogP contribution < -0.4 is 0 Å². The maximum Gasteiger partial charge on any atom is 0.0643 e. The largest absolute Gasteiger partial charge is 0.313 e. The normalized spacial score (nSPS) is 10.4. The van der Waals surface area contributed by atoms with E-state index in [1.165, 1.54) is 12.4 Å². The van der Waals surface area contributed by atoms with Crippen LogP contribution in [0, 0.1) is 10.8 Å². The third kappa shape index (κ3) is 5.75. The lowest BCUT2D eigenvalue weighted by atomic mass is 10.2. The van der Waals surface area contributed by atoms with Gasteiger partial charge in [0.2, 0.25) is 0 Å². The van der Waals surface area contributed by atoms with Crippen molar-refractivity contribution in [3.8, 4) is 0 Å². The molecule has 0 aliphatic rings. The van der Waals surface area contributed by atoms with E-state index in [-0.39, 0.29) is 24.0 Å². The summed E-state index contributed by atoms with van der Waals surface area (Å²) in [6, 6.07) is 9.96. The molecule has 3 nitrogen and oxygen atoms in total. The molecule has 0 spiro atoms. The molecule has 0 saturated heterocycles. The Bertz CT molecular complexity index is 347. The van der Waals surface area contributed by atoms with E-state index in [2.05, 4.69) is 4.99 Å². The predicted octanol–water partition coefficient (Wildman–Crippen LogP) is 3.32. The third-order valence-corrected chi connectivity index (χ3v) is 2.02. The van der Waals surface area contributed by atoms with Crippen LogP contribution in [0.4, 0.5) is 0 Å². The molecule has 0 aliphatic heterocycles. The maximum absolute atomic E-state index is 7.17. The molecule has 0 aromatic heterocycles. The summed E-state index contributed by atoms with van der Waals surface area (Å²) < 4.78 is 0. The number of nitrogens with one attached hydrogen (secondary N) is 2. The average molecular weight is 329 g/mol. The minimum Gasteiger partial charge on any atom is -0.313 e. The first kappa shape index (κ1) is 15.0. The standard InChI is InChI=1S/C12H15N3.HI/c13-8-4-7-12(9-14)15-10-11-5-2-1-3-6-11;/h1-3,5-6,8-9,13-14H,4,7,10H2;1H. The molecule has 0 amide bonds. The maximum atomic E-state index is 7.17. The second-order valence-corrected chi connectivity index (χ2v) is 3.18. The van der Waals surface area contributed by atoms with Gasteiger partial charge in [0.15, 0.2) is 0 Å². The van der Waals surface area contributed by atoms with Gasteiger partial charge in [-0.1, -0.05) is 30.3 Å². The Morgan fingerprint density at radius 3 is 2.44 bits per heavy atom. The second kappa shape index (κ2) is 9.21. The van der Waals surface area contributed by atoms with Gasteiger partial charge in [-0.15, -0.1) is 24.0 Å². The molecule has 0 bridgehead atoms. The Kier molecular flexibility index (Phi) is 8.61. The summed E-state index contributed by atoms with van der Waals surface area (Å²) in [5.41, 5.74) is 1.90. The number of rotatable bonds is 6. The van der Waals surface area contributed by atoms with Crippen LogP contribution in [-0.4, -0.2) is 18.1 Å². The Morgan fingerprint density at radius 1 is 1.19 bits per heavy atom. The summed E-state index contributed by atoms with van der Waals surface area (Å²) in [6.07, 6.45) is 3.96. The topological polar surface area (TPSA) is 60.1 Å². The number of halogens is 1. The molecule has 0 heterocycles. The van der Waals surface area contributed by atoms with Crippen LogP contribution >= 0.6 is 24.0 Å². The lowest BCUT2D eigenvalue weighted by Gasteiger charge is -1.99. The van der Waals surface area contributed by atoms with Gasteiger partial charge in [0.05, 0.1) is 12.3 Å². The van der Waals surface area contributed by atoms with E-state index in [4.69, 9.17) is 10.8 Å². The molecule has 2 N–H and O–H groups in total. The smallest absolute Gasteiger partial charge is 0.0643 e. The molecular formula is C12H16IN3. The van der Waals surface area contributed by atoms with Crippen molar-refractivity contribution in [2.45, 2.75) is 19.4 Å². The minimum absolute atomic E-state index is 0. The first-order chi connectivity index (χ1) is 7.36. The molecule has 4 heteroatoms. The van der Waals surface area contributed by atoms with Crippen molar-refractivity contribution in [1.29, 1.82) is 10.8 Å². The van der Waals surface area contributed by atoms with Crippen molar-refractivity contribution >= 4 is 42.1 Å². The second-order valence-electron chi connectivity index (χ2n) is 3.18. The van der Waals surface area contributed by atoms with Crippen molar-refractivity contribution in [2.24, 2.45) is 4.99 Å². The van der Waals surface area contributed by atoms with Gasteiger partial charge in [-0.2, -0.15) is 0 Å². The average Bonchev–Trinajstić information content (AvgIpc) is 2.31. The van der Waals surface area contributed by atoms with Gasteiger partial charge in [-0.05, 0) is 24.6 Å². The quantitative estimate of drug-likeness (QED) is 0.594. The van der Waals surface area contributed by atoms with Crippen LogP contribution in [0.2, 0.25) is 0 Å². The van der Waals surface area contributed by atoms with E-state index >= 15 is 0 Å². The zero-order valence-electron chi connectivity index (χ0n) is 9.02. The van der Waals surface area contributed by atoms with Gasteiger partial charge in [-0.25, -0.2) is 0 Å². The molecule has 0 unspecified atom stereocenters. The molecule has 1 aromatic rings.